The Balaban J connectivity index is 2.77. The molecule has 1 rings (SSSR count). The summed E-state index contributed by atoms with van der Waals surface area (Å²) in [7, 11) is 0. The van der Waals surface area contributed by atoms with Crippen LogP contribution in [0.1, 0.15) is 5.56 Å². The van der Waals surface area contributed by atoms with Gasteiger partial charge in [-0.25, -0.2) is 0 Å². The summed E-state index contributed by atoms with van der Waals surface area (Å²) >= 11 is 0. The van der Waals surface area contributed by atoms with E-state index >= 15 is 0 Å². The van der Waals surface area contributed by atoms with Gasteiger partial charge in [-0.05, 0) is 11.6 Å². The van der Waals surface area contributed by atoms with E-state index < -0.39 is 12.6 Å². The molecule has 0 bridgehead atoms. The standard InChI is InChI=1S/C7H6F3NO/c8-7(9,10)2-5-1-6(12)4-11-3-5/h1,3-4,12H,2H2. The maximum Gasteiger partial charge on any atom is 0.393 e. The molecule has 0 unspecified atom stereocenters. The molecule has 12 heavy (non-hydrogen) atoms. The van der Waals surface area contributed by atoms with Crippen molar-refractivity contribution in [2.24, 2.45) is 0 Å². The molecule has 1 N–H and O–H groups in total. The van der Waals surface area contributed by atoms with Gasteiger partial charge in [0.2, 0.25) is 0 Å². The second-order valence-corrected chi connectivity index (χ2v) is 2.34. The van der Waals surface area contributed by atoms with Gasteiger partial charge in [0.25, 0.3) is 0 Å². The number of aromatic hydroxyl groups is 1. The highest BCUT2D eigenvalue weighted by atomic mass is 19.4. The van der Waals surface area contributed by atoms with Gasteiger partial charge in [0.15, 0.2) is 0 Å². The van der Waals surface area contributed by atoms with E-state index in [1.54, 1.807) is 0 Å². The third kappa shape index (κ3) is 2.77. The molecule has 0 aliphatic carbocycles. The number of pyridine rings is 1. The van der Waals surface area contributed by atoms with Gasteiger partial charge >= 0.3 is 6.18 Å². The molecule has 1 aromatic heterocycles. The molecule has 0 amide bonds. The summed E-state index contributed by atoms with van der Waals surface area (Å²) in [5.41, 5.74) is -0.0394. The maximum atomic E-state index is 11.8. The molecule has 0 spiro atoms. The predicted octanol–water partition coefficient (Wildman–Crippen LogP) is 1.89. The van der Waals surface area contributed by atoms with E-state index in [9.17, 15) is 13.2 Å². The molecule has 0 fully saturated rings. The Bertz CT molecular complexity index is 272. The fourth-order valence-electron chi connectivity index (χ4n) is 0.802. The van der Waals surface area contributed by atoms with Gasteiger partial charge in [0.1, 0.15) is 5.75 Å². The van der Waals surface area contributed by atoms with Crippen molar-refractivity contribution in [3.05, 3.63) is 24.0 Å². The molecule has 0 saturated heterocycles. The highest BCUT2D eigenvalue weighted by molar-refractivity contribution is 5.22. The van der Waals surface area contributed by atoms with Crippen molar-refractivity contribution in [3.8, 4) is 5.75 Å². The van der Waals surface area contributed by atoms with Gasteiger partial charge in [-0.1, -0.05) is 0 Å². The van der Waals surface area contributed by atoms with Crippen LogP contribution in [0, 0.1) is 0 Å². The van der Waals surface area contributed by atoms with Gasteiger partial charge in [-0.2, -0.15) is 13.2 Å². The lowest BCUT2D eigenvalue weighted by atomic mass is 10.2. The van der Waals surface area contributed by atoms with Crippen LogP contribution in [0.3, 0.4) is 0 Å². The van der Waals surface area contributed by atoms with Crippen LogP contribution >= 0.6 is 0 Å². The van der Waals surface area contributed by atoms with E-state index in [-0.39, 0.29) is 11.3 Å². The van der Waals surface area contributed by atoms with Crippen LogP contribution in [0.2, 0.25) is 0 Å². The van der Waals surface area contributed by atoms with Gasteiger partial charge in [0.05, 0.1) is 12.6 Å². The van der Waals surface area contributed by atoms with Crippen molar-refractivity contribution in [1.29, 1.82) is 0 Å². The van der Waals surface area contributed by atoms with Crippen LogP contribution in [-0.4, -0.2) is 16.3 Å². The number of rotatable bonds is 1. The molecule has 0 atom stereocenters. The number of hydrogen-bond donors (Lipinski definition) is 1. The zero-order chi connectivity index (χ0) is 9.19. The van der Waals surface area contributed by atoms with Crippen LogP contribution in [0.4, 0.5) is 13.2 Å². The molecular formula is C7H6F3NO. The third-order valence-corrected chi connectivity index (χ3v) is 1.19. The number of hydrogen-bond acceptors (Lipinski definition) is 2. The Morgan fingerprint density at radius 2 is 2.00 bits per heavy atom. The maximum absolute atomic E-state index is 11.8. The molecule has 0 aliphatic rings. The molecule has 2 nitrogen and oxygen atoms in total. The number of alkyl halides is 3. The van der Waals surface area contributed by atoms with Crippen molar-refractivity contribution >= 4 is 0 Å². The lowest BCUT2D eigenvalue weighted by molar-refractivity contribution is -0.127. The molecular weight excluding hydrogens is 171 g/mol. The minimum atomic E-state index is -4.25. The summed E-state index contributed by atoms with van der Waals surface area (Å²) in [6, 6.07) is 1.04. The number of nitrogens with zero attached hydrogens (tertiary/aromatic N) is 1. The SMILES string of the molecule is Oc1cncc(CC(F)(F)F)c1. The van der Waals surface area contributed by atoms with Gasteiger partial charge in [-0.3, -0.25) is 4.98 Å². The second-order valence-electron chi connectivity index (χ2n) is 2.34. The van der Waals surface area contributed by atoms with Crippen LogP contribution in [-0.2, 0) is 6.42 Å². The van der Waals surface area contributed by atoms with E-state index in [0.717, 1.165) is 18.5 Å². The molecule has 0 saturated carbocycles. The average molecular weight is 177 g/mol. The van der Waals surface area contributed by atoms with E-state index in [1.165, 1.54) is 0 Å². The Hall–Kier alpha value is -1.26. The van der Waals surface area contributed by atoms with Crippen molar-refractivity contribution in [3.63, 3.8) is 0 Å². The summed E-state index contributed by atoms with van der Waals surface area (Å²) in [5.74, 6) is -0.253. The van der Waals surface area contributed by atoms with E-state index in [4.69, 9.17) is 5.11 Å². The van der Waals surface area contributed by atoms with E-state index in [0.29, 0.717) is 0 Å². The Morgan fingerprint density at radius 1 is 1.33 bits per heavy atom. The van der Waals surface area contributed by atoms with Crippen LogP contribution in [0.5, 0.6) is 5.75 Å². The lowest BCUT2D eigenvalue weighted by Crippen LogP contribution is -2.11. The van der Waals surface area contributed by atoms with Gasteiger partial charge in [-0.15, -0.1) is 0 Å². The third-order valence-electron chi connectivity index (χ3n) is 1.19. The summed E-state index contributed by atoms with van der Waals surface area (Å²) < 4.78 is 35.3. The van der Waals surface area contributed by atoms with Crippen molar-refractivity contribution in [2.45, 2.75) is 12.6 Å². The first-order valence-corrected chi connectivity index (χ1v) is 3.17. The zero-order valence-corrected chi connectivity index (χ0v) is 5.97. The summed E-state index contributed by atoms with van der Waals surface area (Å²) in [6.07, 6.45) is -3.16. The monoisotopic (exact) mass is 177 g/mol. The summed E-state index contributed by atoms with van der Waals surface area (Å²) in [6.45, 7) is 0. The lowest BCUT2D eigenvalue weighted by Gasteiger charge is -2.05. The molecule has 0 radical (unpaired) electrons. The van der Waals surface area contributed by atoms with Crippen LogP contribution in [0.25, 0.3) is 0 Å². The van der Waals surface area contributed by atoms with Gasteiger partial charge < -0.3 is 5.11 Å². The molecule has 0 aromatic carbocycles. The fourth-order valence-corrected chi connectivity index (χ4v) is 0.802. The topological polar surface area (TPSA) is 33.1 Å². The predicted molar refractivity (Wildman–Crippen MR) is 35.7 cm³/mol. The van der Waals surface area contributed by atoms with Crippen molar-refractivity contribution in [1.82, 2.24) is 4.98 Å². The minimum Gasteiger partial charge on any atom is -0.506 e. The highest BCUT2D eigenvalue weighted by Crippen LogP contribution is 2.22. The average Bonchev–Trinajstić information content (AvgIpc) is 1.82. The molecule has 5 heteroatoms. The number of aromatic nitrogens is 1. The molecule has 1 heterocycles. The quantitative estimate of drug-likeness (QED) is 0.710. The van der Waals surface area contributed by atoms with Crippen LogP contribution in [0.15, 0.2) is 18.5 Å². The van der Waals surface area contributed by atoms with Crippen molar-refractivity contribution in [2.75, 3.05) is 0 Å². The Kier molecular flexibility index (Phi) is 2.21. The minimum absolute atomic E-state index is 0.0394. The largest absolute Gasteiger partial charge is 0.506 e. The van der Waals surface area contributed by atoms with E-state index in [1.807, 2.05) is 0 Å². The highest BCUT2D eigenvalue weighted by Gasteiger charge is 2.27. The number of halogens is 3. The van der Waals surface area contributed by atoms with E-state index in [2.05, 4.69) is 4.98 Å². The molecule has 1 aromatic rings. The summed E-state index contributed by atoms with van der Waals surface area (Å²) in [5, 5.41) is 8.78. The first kappa shape index (κ1) is 8.83. The first-order valence-electron chi connectivity index (χ1n) is 3.17. The normalized spacial score (nSPS) is 11.6. The van der Waals surface area contributed by atoms with Crippen molar-refractivity contribution < 1.29 is 18.3 Å². The fraction of sp³-hybridized carbons (Fsp3) is 0.286. The Labute approximate surface area is 66.7 Å². The molecule has 66 valence electrons. The molecule has 0 aliphatic heterocycles. The first-order chi connectivity index (χ1) is 5.47. The zero-order valence-electron chi connectivity index (χ0n) is 5.97. The Morgan fingerprint density at radius 3 is 2.50 bits per heavy atom. The van der Waals surface area contributed by atoms with Gasteiger partial charge in [0, 0.05) is 6.20 Å². The second kappa shape index (κ2) is 3.00. The van der Waals surface area contributed by atoms with Crippen LogP contribution < -0.4 is 0 Å². The summed E-state index contributed by atoms with van der Waals surface area (Å²) in [4.78, 5) is 3.42. The smallest absolute Gasteiger partial charge is 0.393 e.